The first-order valence-corrected chi connectivity index (χ1v) is 5.60. The fraction of sp³-hybridized carbons (Fsp3) is 0. The van der Waals surface area contributed by atoms with Crippen molar-refractivity contribution >= 4 is 22.7 Å². The molecule has 0 amide bonds. The monoisotopic (exact) mass is 250 g/mol. The number of nitriles is 1. The lowest BCUT2D eigenvalue weighted by molar-refractivity contribution is 1.18. The highest BCUT2D eigenvalue weighted by molar-refractivity contribution is 5.96. The molecular formula is C13H10N6. The van der Waals surface area contributed by atoms with Gasteiger partial charge in [0.05, 0.1) is 5.69 Å². The van der Waals surface area contributed by atoms with Crippen molar-refractivity contribution in [3.63, 3.8) is 0 Å². The van der Waals surface area contributed by atoms with Gasteiger partial charge in [-0.05, 0) is 6.07 Å². The Hall–Kier alpha value is -3.07. The molecular weight excluding hydrogens is 240 g/mol. The molecule has 0 aliphatic rings. The molecule has 0 unspecified atom stereocenters. The van der Waals surface area contributed by atoms with Crippen LogP contribution in [0.4, 0.5) is 11.8 Å². The van der Waals surface area contributed by atoms with Crippen LogP contribution in [0.3, 0.4) is 0 Å². The van der Waals surface area contributed by atoms with Gasteiger partial charge in [-0.1, -0.05) is 18.2 Å². The number of hydrogen-bond acceptors (Lipinski definition) is 5. The molecule has 0 aliphatic heterocycles. The minimum Gasteiger partial charge on any atom is -0.382 e. The van der Waals surface area contributed by atoms with Crippen LogP contribution in [0.25, 0.3) is 22.2 Å². The summed E-state index contributed by atoms with van der Waals surface area (Å²) in [6, 6.07) is 9.75. The topological polar surface area (TPSA) is 117 Å². The van der Waals surface area contributed by atoms with Crippen LogP contribution in [0.5, 0.6) is 0 Å². The summed E-state index contributed by atoms with van der Waals surface area (Å²) >= 11 is 0. The number of H-pyrrole nitrogens is 1. The highest BCUT2D eigenvalue weighted by Gasteiger charge is 2.16. The van der Waals surface area contributed by atoms with Crippen molar-refractivity contribution in [1.82, 2.24) is 15.0 Å². The Balaban J connectivity index is 2.36. The molecule has 0 saturated heterocycles. The molecule has 0 bridgehead atoms. The first-order valence-electron chi connectivity index (χ1n) is 5.60. The van der Waals surface area contributed by atoms with Gasteiger partial charge in [-0.3, -0.25) is 0 Å². The third kappa shape index (κ3) is 1.65. The summed E-state index contributed by atoms with van der Waals surface area (Å²) in [6.07, 6.45) is 1.78. The molecule has 6 nitrogen and oxygen atoms in total. The highest BCUT2D eigenvalue weighted by atomic mass is 15.0. The molecule has 19 heavy (non-hydrogen) atoms. The van der Waals surface area contributed by atoms with Gasteiger partial charge in [0.2, 0.25) is 5.95 Å². The predicted molar refractivity (Wildman–Crippen MR) is 72.9 cm³/mol. The molecule has 3 aromatic rings. The zero-order valence-corrected chi connectivity index (χ0v) is 9.88. The van der Waals surface area contributed by atoms with Crippen LogP contribution >= 0.6 is 0 Å². The van der Waals surface area contributed by atoms with Crippen molar-refractivity contribution in [2.24, 2.45) is 0 Å². The molecule has 92 valence electrons. The van der Waals surface area contributed by atoms with Crippen molar-refractivity contribution in [2.45, 2.75) is 0 Å². The Labute approximate surface area is 108 Å². The fourth-order valence-corrected chi connectivity index (χ4v) is 2.07. The molecule has 1 aromatic carbocycles. The molecule has 0 saturated carbocycles. The van der Waals surface area contributed by atoms with Crippen molar-refractivity contribution < 1.29 is 0 Å². The maximum atomic E-state index is 9.20. The second-order valence-electron chi connectivity index (χ2n) is 4.05. The molecule has 0 fully saturated rings. The van der Waals surface area contributed by atoms with E-state index in [4.69, 9.17) is 11.5 Å². The average molecular weight is 250 g/mol. The van der Waals surface area contributed by atoms with E-state index in [-0.39, 0.29) is 17.3 Å². The summed E-state index contributed by atoms with van der Waals surface area (Å²) in [4.78, 5) is 11.1. The molecule has 5 N–H and O–H groups in total. The van der Waals surface area contributed by atoms with Gasteiger partial charge in [-0.2, -0.15) is 10.2 Å². The van der Waals surface area contributed by atoms with E-state index >= 15 is 0 Å². The largest absolute Gasteiger partial charge is 0.382 e. The van der Waals surface area contributed by atoms with E-state index in [0.29, 0.717) is 5.69 Å². The number of hydrogen-bond donors (Lipinski definition) is 3. The molecule has 0 aliphatic carbocycles. The molecule has 0 atom stereocenters. The minimum atomic E-state index is 0.0526. The number of rotatable bonds is 1. The third-order valence-electron chi connectivity index (χ3n) is 2.91. The second kappa shape index (κ2) is 3.99. The molecule has 0 spiro atoms. The Morgan fingerprint density at radius 3 is 2.74 bits per heavy atom. The van der Waals surface area contributed by atoms with Gasteiger partial charge < -0.3 is 16.5 Å². The minimum absolute atomic E-state index is 0.0526. The number of para-hydroxylation sites is 1. The summed E-state index contributed by atoms with van der Waals surface area (Å²) in [6.45, 7) is 0. The van der Waals surface area contributed by atoms with Crippen LogP contribution in [0, 0.1) is 11.3 Å². The van der Waals surface area contributed by atoms with Crippen LogP contribution in [-0.2, 0) is 0 Å². The van der Waals surface area contributed by atoms with Gasteiger partial charge in [0, 0.05) is 22.7 Å². The van der Waals surface area contributed by atoms with Crippen molar-refractivity contribution in [2.75, 3.05) is 11.5 Å². The van der Waals surface area contributed by atoms with E-state index in [1.165, 1.54) is 0 Å². The number of nitrogens with one attached hydrogen (secondary N) is 1. The Morgan fingerprint density at radius 2 is 1.95 bits per heavy atom. The predicted octanol–water partition coefficient (Wildman–Crippen LogP) is 1.66. The van der Waals surface area contributed by atoms with Gasteiger partial charge in [0.1, 0.15) is 17.5 Å². The number of aromatic amines is 1. The summed E-state index contributed by atoms with van der Waals surface area (Å²) < 4.78 is 0. The second-order valence-corrected chi connectivity index (χ2v) is 4.05. The molecule has 0 radical (unpaired) electrons. The molecule has 6 heteroatoms. The first-order chi connectivity index (χ1) is 9.20. The smallest absolute Gasteiger partial charge is 0.222 e. The lowest BCUT2D eigenvalue weighted by Crippen LogP contribution is -2.04. The Bertz CT molecular complexity index is 812. The van der Waals surface area contributed by atoms with Crippen LogP contribution < -0.4 is 11.5 Å². The van der Waals surface area contributed by atoms with Crippen molar-refractivity contribution in [3.05, 3.63) is 36.0 Å². The number of nitrogens with zero attached hydrogens (tertiary/aromatic N) is 3. The number of fused-ring (bicyclic) bond motifs is 1. The number of benzene rings is 1. The average Bonchev–Trinajstić information content (AvgIpc) is 2.81. The zero-order valence-electron chi connectivity index (χ0n) is 9.88. The summed E-state index contributed by atoms with van der Waals surface area (Å²) in [7, 11) is 0. The van der Waals surface area contributed by atoms with E-state index in [2.05, 4.69) is 15.0 Å². The Kier molecular flexibility index (Phi) is 2.32. The zero-order chi connectivity index (χ0) is 13.4. The number of nitrogen functional groups attached to an aromatic ring is 2. The van der Waals surface area contributed by atoms with E-state index < -0.39 is 0 Å². The van der Waals surface area contributed by atoms with Crippen LogP contribution in [0.1, 0.15) is 5.56 Å². The first kappa shape index (κ1) is 11.0. The Morgan fingerprint density at radius 1 is 1.16 bits per heavy atom. The van der Waals surface area contributed by atoms with Crippen molar-refractivity contribution in [3.8, 4) is 17.3 Å². The number of nitrogens with two attached hydrogens (primary N) is 2. The number of anilines is 2. The molecule has 3 rings (SSSR count). The van der Waals surface area contributed by atoms with Gasteiger partial charge in [0.25, 0.3) is 0 Å². The highest BCUT2D eigenvalue weighted by Crippen LogP contribution is 2.31. The standard InChI is InChI=1S/C13H10N6/c14-5-8-11(18-13(16)19-12(8)15)9-6-17-10-4-2-1-3-7(9)10/h1-4,6,17H,(H4,15,16,18,19). The summed E-state index contributed by atoms with van der Waals surface area (Å²) in [5, 5.41) is 10.2. The van der Waals surface area contributed by atoms with Crippen LogP contribution in [0.15, 0.2) is 30.5 Å². The van der Waals surface area contributed by atoms with Crippen LogP contribution in [-0.4, -0.2) is 15.0 Å². The maximum Gasteiger partial charge on any atom is 0.222 e. The SMILES string of the molecule is N#Cc1c(N)nc(N)nc1-c1c[nH]c2ccccc12. The van der Waals surface area contributed by atoms with E-state index in [1.54, 1.807) is 6.20 Å². The normalized spacial score (nSPS) is 10.5. The van der Waals surface area contributed by atoms with E-state index in [1.807, 2.05) is 30.3 Å². The molecule has 2 aromatic heterocycles. The lowest BCUT2D eigenvalue weighted by Gasteiger charge is -2.05. The molecule has 2 heterocycles. The lowest BCUT2D eigenvalue weighted by atomic mass is 10.1. The van der Waals surface area contributed by atoms with E-state index in [0.717, 1.165) is 16.5 Å². The van der Waals surface area contributed by atoms with Crippen molar-refractivity contribution in [1.29, 1.82) is 5.26 Å². The third-order valence-corrected chi connectivity index (χ3v) is 2.91. The summed E-state index contributed by atoms with van der Waals surface area (Å²) in [5.41, 5.74) is 13.8. The summed E-state index contributed by atoms with van der Waals surface area (Å²) in [5.74, 6) is 0.145. The van der Waals surface area contributed by atoms with E-state index in [9.17, 15) is 5.26 Å². The van der Waals surface area contributed by atoms with Gasteiger partial charge in [-0.15, -0.1) is 0 Å². The van der Waals surface area contributed by atoms with Crippen LogP contribution in [0.2, 0.25) is 0 Å². The maximum absolute atomic E-state index is 9.20. The quantitative estimate of drug-likeness (QED) is 0.607. The number of aromatic nitrogens is 3. The van der Waals surface area contributed by atoms with Gasteiger partial charge in [0.15, 0.2) is 0 Å². The fourth-order valence-electron chi connectivity index (χ4n) is 2.07. The van der Waals surface area contributed by atoms with Gasteiger partial charge in [-0.25, -0.2) is 4.98 Å². The van der Waals surface area contributed by atoms with Gasteiger partial charge >= 0.3 is 0 Å².